The normalized spacial score (nSPS) is 13.4. The van der Waals surface area contributed by atoms with Gasteiger partial charge in [-0.1, -0.05) is 0 Å². The summed E-state index contributed by atoms with van der Waals surface area (Å²) in [6.45, 7) is 2.14. The lowest BCUT2D eigenvalue weighted by Gasteiger charge is -2.09. The molecule has 0 bridgehead atoms. The minimum Gasteiger partial charge on any atom is -0.341 e. The van der Waals surface area contributed by atoms with Crippen molar-refractivity contribution in [3.05, 3.63) is 39.0 Å². The average molecular weight is 272 g/mol. The van der Waals surface area contributed by atoms with Gasteiger partial charge in [0.25, 0.3) is 0 Å². The summed E-state index contributed by atoms with van der Waals surface area (Å²) in [6.07, 6.45) is 2.23. The number of nitrogens with one attached hydrogen (secondary N) is 1. The molecular weight excluding hydrogens is 260 g/mol. The molecule has 0 spiro atoms. The Labute approximate surface area is 113 Å². The third kappa shape index (κ3) is 1.42. The molecule has 1 aliphatic rings. The number of nitrogens with zero attached hydrogens (tertiary/aromatic N) is 1. The molecule has 0 aliphatic heterocycles. The number of aryl methyl sites for hydroxylation is 3. The molecule has 0 saturated carbocycles. The molecule has 3 aromatic rings. The second-order valence-corrected chi connectivity index (χ2v) is 6.52. The molecule has 18 heavy (non-hydrogen) atoms. The van der Waals surface area contributed by atoms with Crippen LogP contribution in [0.2, 0.25) is 0 Å². The van der Waals surface area contributed by atoms with Crippen LogP contribution in [0, 0.1) is 6.92 Å². The van der Waals surface area contributed by atoms with E-state index in [1.165, 1.54) is 32.3 Å². The van der Waals surface area contributed by atoms with Crippen LogP contribution in [0.4, 0.5) is 0 Å². The van der Waals surface area contributed by atoms with Crippen LogP contribution < -0.4 is 0 Å². The highest BCUT2D eigenvalue weighted by molar-refractivity contribution is 7.13. The second kappa shape index (κ2) is 3.80. The van der Waals surface area contributed by atoms with Crippen molar-refractivity contribution in [2.24, 2.45) is 0 Å². The van der Waals surface area contributed by atoms with Gasteiger partial charge in [-0.2, -0.15) is 0 Å². The minimum absolute atomic E-state index is 1.03. The molecule has 0 aromatic carbocycles. The number of aromatic nitrogens is 2. The summed E-state index contributed by atoms with van der Waals surface area (Å²) in [7, 11) is 0. The van der Waals surface area contributed by atoms with E-state index in [2.05, 4.69) is 34.8 Å². The molecule has 4 heteroatoms. The molecular formula is C14H12N2S2. The van der Waals surface area contributed by atoms with Crippen molar-refractivity contribution in [3.8, 4) is 22.0 Å². The Morgan fingerprint density at radius 2 is 2.06 bits per heavy atom. The van der Waals surface area contributed by atoms with Gasteiger partial charge >= 0.3 is 0 Å². The smallest absolute Gasteiger partial charge is 0.148 e. The molecule has 3 aromatic heterocycles. The Morgan fingerprint density at radius 3 is 2.89 bits per heavy atom. The summed E-state index contributed by atoms with van der Waals surface area (Å²) >= 11 is 3.61. The van der Waals surface area contributed by atoms with Gasteiger partial charge in [-0.05, 0) is 48.2 Å². The number of imidazole rings is 1. The molecule has 1 N–H and O–H groups in total. The van der Waals surface area contributed by atoms with E-state index in [0.717, 1.165) is 18.7 Å². The van der Waals surface area contributed by atoms with Gasteiger partial charge in [0.15, 0.2) is 0 Å². The standard InChI is InChI=1S/C14H12N2S2/c1-8-4-6-18-13(8)14-15-10-2-3-11-9(5-7-17-11)12(10)16-14/h4-7H,2-3H2,1H3,(H,15,16). The van der Waals surface area contributed by atoms with E-state index < -0.39 is 0 Å². The van der Waals surface area contributed by atoms with Crippen molar-refractivity contribution in [1.29, 1.82) is 0 Å². The monoisotopic (exact) mass is 272 g/mol. The van der Waals surface area contributed by atoms with Gasteiger partial charge in [-0.3, -0.25) is 0 Å². The Bertz CT molecular complexity index is 718. The maximum Gasteiger partial charge on any atom is 0.148 e. The molecule has 0 atom stereocenters. The average Bonchev–Trinajstić information content (AvgIpc) is 3.04. The topological polar surface area (TPSA) is 28.7 Å². The second-order valence-electron chi connectivity index (χ2n) is 4.60. The summed E-state index contributed by atoms with van der Waals surface area (Å²) in [5, 5.41) is 4.30. The zero-order valence-electron chi connectivity index (χ0n) is 9.99. The lowest BCUT2D eigenvalue weighted by atomic mass is 10.0. The number of thiophene rings is 2. The molecule has 1 aliphatic carbocycles. The van der Waals surface area contributed by atoms with Gasteiger partial charge in [0.2, 0.25) is 0 Å². The van der Waals surface area contributed by atoms with Crippen LogP contribution in [0.5, 0.6) is 0 Å². The van der Waals surface area contributed by atoms with Crippen LogP contribution in [-0.2, 0) is 12.8 Å². The number of fused-ring (bicyclic) bond motifs is 3. The summed E-state index contributed by atoms with van der Waals surface area (Å²) < 4.78 is 0. The molecule has 0 amide bonds. The van der Waals surface area contributed by atoms with Gasteiger partial charge in [0.05, 0.1) is 10.6 Å². The van der Waals surface area contributed by atoms with Crippen LogP contribution in [0.15, 0.2) is 22.9 Å². The van der Waals surface area contributed by atoms with Crippen LogP contribution >= 0.6 is 22.7 Å². The summed E-state index contributed by atoms with van der Waals surface area (Å²) in [5.41, 5.74) is 5.10. The third-order valence-corrected chi connectivity index (χ3v) is 5.46. The van der Waals surface area contributed by atoms with Gasteiger partial charge in [-0.25, -0.2) is 4.98 Å². The Kier molecular flexibility index (Phi) is 2.22. The van der Waals surface area contributed by atoms with Crippen LogP contribution in [0.1, 0.15) is 16.1 Å². The van der Waals surface area contributed by atoms with Crippen LogP contribution in [-0.4, -0.2) is 9.97 Å². The molecule has 90 valence electrons. The van der Waals surface area contributed by atoms with Crippen molar-refractivity contribution in [1.82, 2.24) is 9.97 Å². The number of hydrogen-bond donors (Lipinski definition) is 1. The fourth-order valence-electron chi connectivity index (χ4n) is 2.52. The van der Waals surface area contributed by atoms with E-state index in [1.54, 1.807) is 11.3 Å². The number of hydrogen-bond acceptors (Lipinski definition) is 3. The lowest BCUT2D eigenvalue weighted by Crippen LogP contribution is -1.99. The zero-order chi connectivity index (χ0) is 12.1. The molecule has 0 radical (unpaired) electrons. The van der Waals surface area contributed by atoms with E-state index in [-0.39, 0.29) is 0 Å². The SMILES string of the molecule is Cc1ccsc1-c1nc2c([nH]1)CCc1sccc1-2. The van der Waals surface area contributed by atoms with E-state index in [9.17, 15) is 0 Å². The van der Waals surface area contributed by atoms with Crippen molar-refractivity contribution in [3.63, 3.8) is 0 Å². The third-order valence-electron chi connectivity index (χ3n) is 3.46. The van der Waals surface area contributed by atoms with Crippen molar-refractivity contribution >= 4 is 22.7 Å². The molecule has 3 heterocycles. The Hall–Kier alpha value is -1.39. The molecule has 0 unspecified atom stereocenters. The Balaban J connectivity index is 1.90. The van der Waals surface area contributed by atoms with Crippen LogP contribution in [0.3, 0.4) is 0 Å². The fourth-order valence-corrected chi connectivity index (χ4v) is 4.27. The predicted molar refractivity (Wildman–Crippen MR) is 77.4 cm³/mol. The predicted octanol–water partition coefficient (Wildman–Crippen LogP) is 4.27. The quantitative estimate of drug-likeness (QED) is 0.704. The first kappa shape index (κ1) is 10.5. The van der Waals surface area contributed by atoms with E-state index >= 15 is 0 Å². The first-order chi connectivity index (χ1) is 8.83. The molecule has 4 rings (SSSR count). The number of aromatic amines is 1. The lowest BCUT2D eigenvalue weighted by molar-refractivity contribution is 0.927. The van der Waals surface area contributed by atoms with Gasteiger partial charge in [0, 0.05) is 16.1 Å². The van der Waals surface area contributed by atoms with Crippen molar-refractivity contribution in [2.45, 2.75) is 19.8 Å². The highest BCUT2D eigenvalue weighted by Gasteiger charge is 2.22. The van der Waals surface area contributed by atoms with Crippen molar-refractivity contribution in [2.75, 3.05) is 0 Å². The van der Waals surface area contributed by atoms with E-state index in [1.807, 2.05) is 11.3 Å². The van der Waals surface area contributed by atoms with Gasteiger partial charge in [-0.15, -0.1) is 22.7 Å². The van der Waals surface area contributed by atoms with E-state index in [0.29, 0.717) is 0 Å². The minimum atomic E-state index is 1.03. The van der Waals surface area contributed by atoms with Crippen molar-refractivity contribution < 1.29 is 0 Å². The summed E-state index contributed by atoms with van der Waals surface area (Å²) in [6, 6.07) is 4.35. The fraction of sp³-hybridized carbons (Fsp3) is 0.214. The highest BCUT2D eigenvalue weighted by Crippen LogP contribution is 2.37. The largest absolute Gasteiger partial charge is 0.341 e. The molecule has 0 fully saturated rings. The maximum absolute atomic E-state index is 4.83. The summed E-state index contributed by atoms with van der Waals surface area (Å²) in [5.74, 6) is 1.03. The highest BCUT2D eigenvalue weighted by atomic mass is 32.1. The van der Waals surface area contributed by atoms with Gasteiger partial charge in [0.1, 0.15) is 5.82 Å². The first-order valence-corrected chi connectivity index (χ1v) is 7.79. The molecule has 2 nitrogen and oxygen atoms in total. The molecule has 0 saturated heterocycles. The van der Waals surface area contributed by atoms with Gasteiger partial charge < -0.3 is 4.98 Å². The number of H-pyrrole nitrogens is 1. The summed E-state index contributed by atoms with van der Waals surface area (Å²) in [4.78, 5) is 11.1. The Morgan fingerprint density at radius 1 is 1.17 bits per heavy atom. The maximum atomic E-state index is 4.83. The van der Waals surface area contributed by atoms with Crippen LogP contribution in [0.25, 0.3) is 22.0 Å². The van der Waals surface area contributed by atoms with E-state index in [4.69, 9.17) is 4.98 Å². The first-order valence-electron chi connectivity index (χ1n) is 6.03. The zero-order valence-corrected chi connectivity index (χ0v) is 11.6. The number of rotatable bonds is 1.